The van der Waals surface area contributed by atoms with Crippen LogP contribution in [0.3, 0.4) is 0 Å². The molecule has 0 aromatic heterocycles. The quantitative estimate of drug-likeness (QED) is 0.414. The van der Waals surface area contributed by atoms with Crippen LogP contribution in [0, 0.1) is 20.8 Å². The van der Waals surface area contributed by atoms with Crippen LogP contribution in [-0.2, 0) is 38.9 Å². The average molecular weight is 584 g/mol. The van der Waals surface area contributed by atoms with E-state index < -0.39 is 27.7 Å². The third-order valence-electron chi connectivity index (χ3n) is 9.21. The zero-order chi connectivity index (χ0) is 29.7. The maximum absolute atomic E-state index is 13.8. The Morgan fingerprint density at radius 1 is 0.976 bits per heavy atom. The number of ether oxygens (including phenoxy) is 2. The van der Waals surface area contributed by atoms with E-state index in [1.807, 2.05) is 46.8 Å². The highest BCUT2D eigenvalue weighted by molar-refractivity contribution is 7.89. The smallest absolute Gasteiger partial charge is 0.337 e. The molecule has 2 aromatic rings. The van der Waals surface area contributed by atoms with Gasteiger partial charge in [0.2, 0.25) is 10.0 Å². The van der Waals surface area contributed by atoms with E-state index in [0.717, 1.165) is 95.2 Å². The number of hydrogen-bond donors (Lipinski definition) is 1. The van der Waals surface area contributed by atoms with Gasteiger partial charge in [0.1, 0.15) is 5.75 Å². The molecule has 2 aliphatic heterocycles. The minimum absolute atomic E-state index is 0.308. The molecule has 1 fully saturated rings. The van der Waals surface area contributed by atoms with Crippen molar-refractivity contribution in [3.8, 4) is 16.9 Å². The summed E-state index contributed by atoms with van der Waals surface area (Å²) in [7, 11) is -3.42. The van der Waals surface area contributed by atoms with Crippen LogP contribution in [0.4, 0.5) is 0 Å². The van der Waals surface area contributed by atoms with E-state index in [-0.39, 0.29) is 5.25 Å². The first-order valence-corrected chi connectivity index (χ1v) is 16.6. The lowest BCUT2D eigenvalue weighted by Gasteiger charge is -2.37. The number of nitrogens with zero attached hydrogens (tertiary/aromatic N) is 1. The first-order chi connectivity index (χ1) is 19.3. The summed E-state index contributed by atoms with van der Waals surface area (Å²) in [5.74, 6) is -0.142. The molecule has 0 radical (unpaired) electrons. The van der Waals surface area contributed by atoms with Crippen molar-refractivity contribution < 1.29 is 27.8 Å². The molecular formula is C33H45NO6S. The number of fused-ring (bicyclic) bond motifs is 2. The largest absolute Gasteiger partial charge is 0.493 e. The predicted octanol–water partition coefficient (Wildman–Crippen LogP) is 6.57. The minimum atomic E-state index is -3.42. The normalized spacial score (nSPS) is 19.3. The van der Waals surface area contributed by atoms with Crippen molar-refractivity contribution in [3.05, 3.63) is 51.1 Å². The number of aliphatic carboxylic acids is 1. The molecule has 1 atom stereocenters. The fourth-order valence-corrected chi connectivity index (χ4v) is 9.14. The lowest BCUT2D eigenvalue weighted by Crippen LogP contribution is -2.43. The Hall–Kier alpha value is -2.42. The third kappa shape index (κ3) is 5.67. The molecule has 8 heteroatoms. The molecule has 0 amide bonds. The van der Waals surface area contributed by atoms with Crippen LogP contribution >= 0.6 is 0 Å². The second-order valence-electron chi connectivity index (χ2n) is 13.0. The van der Waals surface area contributed by atoms with Gasteiger partial charge >= 0.3 is 5.97 Å². The number of carboxylic acids is 1. The lowest BCUT2D eigenvalue weighted by molar-refractivity contribution is -0.160. The molecule has 0 unspecified atom stereocenters. The van der Waals surface area contributed by atoms with Gasteiger partial charge in [-0.25, -0.2) is 13.2 Å². The molecule has 1 saturated carbocycles. The molecule has 5 rings (SSSR count). The Labute approximate surface area is 245 Å². The maximum Gasteiger partial charge on any atom is 0.337 e. The highest BCUT2D eigenvalue weighted by Crippen LogP contribution is 2.46. The maximum atomic E-state index is 13.8. The van der Waals surface area contributed by atoms with Crippen LogP contribution in [0.15, 0.2) is 12.1 Å². The molecule has 2 aromatic carbocycles. The topological polar surface area (TPSA) is 93.1 Å². The van der Waals surface area contributed by atoms with Gasteiger partial charge in [-0.2, -0.15) is 4.31 Å². The number of sulfonamides is 1. The first kappa shape index (κ1) is 30.1. The van der Waals surface area contributed by atoms with Crippen molar-refractivity contribution >= 4 is 16.0 Å². The van der Waals surface area contributed by atoms with E-state index in [0.29, 0.717) is 31.7 Å². The highest BCUT2D eigenvalue weighted by atomic mass is 32.2. The predicted molar refractivity (Wildman–Crippen MR) is 161 cm³/mol. The average Bonchev–Trinajstić information content (AvgIpc) is 2.94. The van der Waals surface area contributed by atoms with Gasteiger partial charge in [-0.1, -0.05) is 25.3 Å². The summed E-state index contributed by atoms with van der Waals surface area (Å²) in [5, 5.41) is 10.2. The third-order valence-corrected chi connectivity index (χ3v) is 11.6. The van der Waals surface area contributed by atoms with Crippen LogP contribution in [0.2, 0.25) is 0 Å². The van der Waals surface area contributed by atoms with Gasteiger partial charge in [-0.05, 0) is 124 Å². The van der Waals surface area contributed by atoms with E-state index in [9.17, 15) is 18.3 Å². The Bertz CT molecular complexity index is 1450. The van der Waals surface area contributed by atoms with Gasteiger partial charge < -0.3 is 14.6 Å². The summed E-state index contributed by atoms with van der Waals surface area (Å²) in [6, 6.07) is 4.03. The van der Waals surface area contributed by atoms with Crippen molar-refractivity contribution in [3.63, 3.8) is 0 Å². The fraction of sp³-hybridized carbons (Fsp3) is 0.606. The Kier molecular flexibility index (Phi) is 8.31. The van der Waals surface area contributed by atoms with Crippen molar-refractivity contribution in [2.45, 2.75) is 116 Å². The molecule has 7 nitrogen and oxygen atoms in total. The number of rotatable bonds is 6. The van der Waals surface area contributed by atoms with Gasteiger partial charge in [-0.15, -0.1) is 0 Å². The number of hydrogen-bond acceptors (Lipinski definition) is 5. The van der Waals surface area contributed by atoms with Crippen molar-refractivity contribution in [2.24, 2.45) is 0 Å². The van der Waals surface area contributed by atoms with Crippen LogP contribution in [0.5, 0.6) is 5.75 Å². The zero-order valence-electron chi connectivity index (χ0n) is 25.4. The number of carbonyl (C=O) groups is 1. The summed E-state index contributed by atoms with van der Waals surface area (Å²) in [6.07, 6.45) is 5.73. The SMILES string of the molecule is Cc1c(-c2c(C)c3c(c(C)c2[C@H](OC(C)(C)C)C(=O)O)CCN(S(=O)(=O)C2CCCCC2)C3)ccc2c1CCCO2. The second kappa shape index (κ2) is 11.3. The minimum Gasteiger partial charge on any atom is -0.493 e. The van der Waals surface area contributed by atoms with Crippen molar-refractivity contribution in [1.82, 2.24) is 4.31 Å². The molecule has 0 bridgehead atoms. The molecule has 1 N–H and O–H groups in total. The van der Waals surface area contributed by atoms with E-state index >= 15 is 0 Å². The molecule has 41 heavy (non-hydrogen) atoms. The molecule has 2 heterocycles. The Balaban J connectivity index is 1.71. The summed E-state index contributed by atoms with van der Waals surface area (Å²) in [6.45, 7) is 13.1. The van der Waals surface area contributed by atoms with Crippen molar-refractivity contribution in [1.29, 1.82) is 0 Å². The summed E-state index contributed by atoms with van der Waals surface area (Å²) >= 11 is 0. The van der Waals surface area contributed by atoms with Gasteiger partial charge in [0, 0.05) is 18.7 Å². The van der Waals surface area contributed by atoms with Gasteiger partial charge in [-0.3, -0.25) is 0 Å². The van der Waals surface area contributed by atoms with Gasteiger partial charge in [0.05, 0.1) is 17.5 Å². The highest BCUT2D eigenvalue weighted by Gasteiger charge is 2.39. The van der Waals surface area contributed by atoms with Gasteiger partial charge in [0.15, 0.2) is 6.10 Å². The summed E-state index contributed by atoms with van der Waals surface area (Å²) in [5.41, 5.74) is 7.91. The van der Waals surface area contributed by atoms with Crippen LogP contribution in [-0.4, -0.2) is 47.8 Å². The number of benzene rings is 2. The van der Waals surface area contributed by atoms with Crippen molar-refractivity contribution in [2.75, 3.05) is 13.2 Å². The Morgan fingerprint density at radius 2 is 1.68 bits per heavy atom. The van der Waals surface area contributed by atoms with Crippen LogP contribution in [0.1, 0.15) is 104 Å². The molecule has 0 spiro atoms. The Morgan fingerprint density at radius 3 is 2.34 bits per heavy atom. The van der Waals surface area contributed by atoms with E-state index in [2.05, 4.69) is 6.92 Å². The van der Waals surface area contributed by atoms with E-state index in [4.69, 9.17) is 9.47 Å². The molecular weight excluding hydrogens is 538 g/mol. The van der Waals surface area contributed by atoms with Gasteiger partial charge in [0.25, 0.3) is 0 Å². The monoisotopic (exact) mass is 583 g/mol. The van der Waals surface area contributed by atoms with E-state index in [1.54, 1.807) is 4.31 Å². The fourth-order valence-electron chi connectivity index (χ4n) is 7.13. The summed E-state index contributed by atoms with van der Waals surface area (Å²) in [4.78, 5) is 12.8. The standard InChI is InChI=1S/C33H45NO6S/c1-20-25-13-10-18-39-28(25)15-14-26(20)29-22(3)27-19-34(41(37,38)23-11-8-7-9-12-23)17-16-24(27)21(2)30(29)31(32(35)36)40-33(4,5)6/h14-15,23,31H,7-13,16-19H2,1-6H3,(H,35,36)/t31-/m0/s1. The summed E-state index contributed by atoms with van der Waals surface area (Å²) < 4.78 is 41.4. The zero-order valence-corrected chi connectivity index (χ0v) is 26.2. The molecule has 0 saturated heterocycles. The van der Waals surface area contributed by atoms with E-state index in [1.165, 1.54) is 0 Å². The number of carboxylic acid groups (broad SMARTS) is 1. The molecule has 3 aliphatic rings. The second-order valence-corrected chi connectivity index (χ2v) is 15.2. The first-order valence-electron chi connectivity index (χ1n) is 15.1. The lowest BCUT2D eigenvalue weighted by atomic mass is 9.79. The van der Waals surface area contributed by atoms with Crippen LogP contribution < -0.4 is 4.74 Å². The molecule has 224 valence electrons. The molecule has 1 aliphatic carbocycles. The van der Waals surface area contributed by atoms with Crippen LogP contribution in [0.25, 0.3) is 11.1 Å².